The molecule has 1 aliphatic rings. The van der Waals surface area contributed by atoms with Gasteiger partial charge in [0.25, 0.3) is 5.19 Å². The number of aromatic nitrogens is 2. The fraction of sp³-hybridized carbons (Fsp3) is 0.778. The summed E-state index contributed by atoms with van der Waals surface area (Å²) < 4.78 is 5.48. The number of nitrogens with two attached hydrogens (primary N) is 1. The molecule has 0 unspecified atom stereocenters. The number of ether oxygens (including phenoxy) is 1. The summed E-state index contributed by atoms with van der Waals surface area (Å²) in [7, 11) is 0. The summed E-state index contributed by atoms with van der Waals surface area (Å²) in [5.74, 6) is 0.886. The van der Waals surface area contributed by atoms with E-state index in [1.165, 1.54) is 30.6 Å². The van der Waals surface area contributed by atoms with Crippen molar-refractivity contribution in [1.82, 2.24) is 10.2 Å². The molecule has 5 heteroatoms. The molecule has 0 aromatic carbocycles. The largest absolute Gasteiger partial charge is 0.469 e. The lowest BCUT2D eigenvalue weighted by molar-refractivity contribution is 0.220. The summed E-state index contributed by atoms with van der Waals surface area (Å²) in [6.45, 7) is 1.22. The lowest BCUT2D eigenvalue weighted by Gasteiger charge is -2.24. The molecular weight excluding hydrogens is 198 g/mol. The summed E-state index contributed by atoms with van der Waals surface area (Å²) >= 11 is 1.44. The number of hydrogen-bond donors (Lipinski definition) is 1. The number of nitrogens with zero attached hydrogens (tertiary/aromatic N) is 2. The first kappa shape index (κ1) is 9.86. The van der Waals surface area contributed by atoms with E-state index in [-0.39, 0.29) is 0 Å². The van der Waals surface area contributed by atoms with Crippen molar-refractivity contribution in [2.75, 3.05) is 6.61 Å². The molecule has 0 saturated heterocycles. The minimum atomic E-state index is 0.448. The van der Waals surface area contributed by atoms with Gasteiger partial charge >= 0.3 is 0 Å². The Labute approximate surface area is 87.5 Å². The zero-order valence-corrected chi connectivity index (χ0v) is 8.92. The van der Waals surface area contributed by atoms with Gasteiger partial charge < -0.3 is 10.5 Å². The zero-order chi connectivity index (χ0) is 9.80. The van der Waals surface area contributed by atoms with Crippen molar-refractivity contribution in [1.29, 1.82) is 0 Å². The van der Waals surface area contributed by atoms with Crippen LogP contribution in [0.3, 0.4) is 0 Å². The number of hydrogen-bond acceptors (Lipinski definition) is 5. The minimum absolute atomic E-state index is 0.448. The monoisotopic (exact) mass is 213 g/mol. The molecule has 1 fully saturated rings. The molecule has 1 saturated carbocycles. The van der Waals surface area contributed by atoms with Crippen LogP contribution < -0.4 is 10.5 Å². The van der Waals surface area contributed by atoms with Gasteiger partial charge in [0.1, 0.15) is 5.01 Å². The quantitative estimate of drug-likeness (QED) is 0.806. The topological polar surface area (TPSA) is 61.0 Å². The van der Waals surface area contributed by atoms with E-state index in [2.05, 4.69) is 10.2 Å². The third-order valence-corrected chi connectivity index (χ3v) is 3.46. The Kier molecular flexibility index (Phi) is 3.31. The molecule has 1 aromatic rings. The van der Waals surface area contributed by atoms with E-state index in [0.717, 1.165) is 24.0 Å². The number of rotatable bonds is 5. The van der Waals surface area contributed by atoms with Crippen LogP contribution in [0.25, 0.3) is 0 Å². The predicted molar refractivity (Wildman–Crippen MR) is 55.3 cm³/mol. The molecule has 0 radical (unpaired) electrons. The molecule has 1 aliphatic carbocycles. The highest BCUT2D eigenvalue weighted by Gasteiger charge is 2.17. The maximum absolute atomic E-state index is 5.48. The highest BCUT2D eigenvalue weighted by molar-refractivity contribution is 7.13. The van der Waals surface area contributed by atoms with E-state index in [9.17, 15) is 0 Å². The van der Waals surface area contributed by atoms with E-state index >= 15 is 0 Å². The Morgan fingerprint density at radius 2 is 2.29 bits per heavy atom. The molecule has 0 amide bonds. The van der Waals surface area contributed by atoms with Crippen molar-refractivity contribution >= 4 is 11.3 Å². The molecule has 0 spiro atoms. The van der Waals surface area contributed by atoms with Gasteiger partial charge in [-0.15, -0.1) is 10.2 Å². The summed E-state index contributed by atoms with van der Waals surface area (Å²) in [6, 6.07) is 0. The van der Waals surface area contributed by atoms with Gasteiger partial charge in [-0.2, -0.15) is 0 Å². The van der Waals surface area contributed by atoms with Crippen LogP contribution in [0.15, 0.2) is 0 Å². The average Bonchev–Trinajstić information content (AvgIpc) is 2.57. The van der Waals surface area contributed by atoms with E-state index in [1.807, 2.05) is 0 Å². The van der Waals surface area contributed by atoms with Crippen LogP contribution in [0.2, 0.25) is 0 Å². The Bertz CT molecular complexity index is 285. The molecular formula is C9H15N3OS. The summed E-state index contributed by atoms with van der Waals surface area (Å²) in [4.78, 5) is 0. The van der Waals surface area contributed by atoms with Crippen LogP contribution in [0.4, 0.5) is 0 Å². The molecule has 1 heterocycles. The summed E-state index contributed by atoms with van der Waals surface area (Å²) in [6.07, 6.45) is 5.28. The Hall–Kier alpha value is -0.680. The van der Waals surface area contributed by atoms with Crippen molar-refractivity contribution in [2.24, 2.45) is 11.7 Å². The molecule has 2 N–H and O–H groups in total. The van der Waals surface area contributed by atoms with E-state index < -0.39 is 0 Å². The lowest BCUT2D eigenvalue weighted by Crippen LogP contribution is -2.14. The third-order valence-electron chi connectivity index (χ3n) is 2.60. The summed E-state index contributed by atoms with van der Waals surface area (Å²) in [5, 5.41) is 9.27. The molecule has 0 bridgehead atoms. The molecule has 2 rings (SSSR count). The second-order valence-electron chi connectivity index (χ2n) is 3.60. The lowest BCUT2D eigenvalue weighted by atomic mass is 9.83. The van der Waals surface area contributed by atoms with Crippen molar-refractivity contribution in [3.8, 4) is 5.19 Å². The van der Waals surface area contributed by atoms with Gasteiger partial charge in [0.05, 0.1) is 6.61 Å². The maximum atomic E-state index is 5.48. The minimum Gasteiger partial charge on any atom is -0.469 e. The van der Waals surface area contributed by atoms with E-state index in [1.54, 1.807) is 0 Å². The second-order valence-corrected chi connectivity index (χ2v) is 4.62. The second kappa shape index (κ2) is 4.70. The Balaban J connectivity index is 1.68. The fourth-order valence-electron chi connectivity index (χ4n) is 1.47. The van der Waals surface area contributed by atoms with Gasteiger partial charge in [-0.25, -0.2) is 0 Å². The highest BCUT2D eigenvalue weighted by Crippen LogP contribution is 2.29. The Morgan fingerprint density at radius 1 is 1.43 bits per heavy atom. The van der Waals surface area contributed by atoms with Gasteiger partial charge in [0, 0.05) is 6.54 Å². The van der Waals surface area contributed by atoms with Crippen LogP contribution in [-0.4, -0.2) is 16.8 Å². The van der Waals surface area contributed by atoms with Gasteiger partial charge in [0.2, 0.25) is 0 Å². The van der Waals surface area contributed by atoms with Crippen LogP contribution in [0.1, 0.15) is 30.7 Å². The van der Waals surface area contributed by atoms with Gasteiger partial charge in [-0.1, -0.05) is 30.6 Å². The van der Waals surface area contributed by atoms with Gasteiger partial charge in [-0.3, -0.25) is 0 Å². The first-order valence-electron chi connectivity index (χ1n) is 5.03. The van der Waals surface area contributed by atoms with Crippen molar-refractivity contribution in [3.63, 3.8) is 0 Å². The average molecular weight is 213 g/mol. The Morgan fingerprint density at radius 3 is 2.86 bits per heavy atom. The molecule has 78 valence electrons. The van der Waals surface area contributed by atoms with E-state index in [0.29, 0.717) is 11.7 Å². The molecule has 1 aromatic heterocycles. The van der Waals surface area contributed by atoms with Gasteiger partial charge in [-0.05, 0) is 12.3 Å². The zero-order valence-electron chi connectivity index (χ0n) is 8.11. The SMILES string of the molecule is NCc1nnc(OCCC2CCC2)s1. The fourth-order valence-corrected chi connectivity index (χ4v) is 2.06. The molecule has 4 nitrogen and oxygen atoms in total. The van der Waals surface area contributed by atoms with Crippen molar-refractivity contribution in [2.45, 2.75) is 32.2 Å². The molecule has 0 atom stereocenters. The standard InChI is InChI=1S/C9H15N3OS/c10-6-8-11-12-9(14-8)13-5-4-7-2-1-3-7/h7H,1-6,10H2. The predicted octanol–water partition coefficient (Wildman–Crippen LogP) is 1.57. The molecule has 14 heavy (non-hydrogen) atoms. The first-order valence-corrected chi connectivity index (χ1v) is 5.85. The van der Waals surface area contributed by atoms with E-state index in [4.69, 9.17) is 10.5 Å². The van der Waals surface area contributed by atoms with Gasteiger partial charge in [0.15, 0.2) is 0 Å². The first-order chi connectivity index (χ1) is 6.88. The normalized spacial score (nSPS) is 16.6. The molecule has 0 aliphatic heterocycles. The van der Waals surface area contributed by atoms with Crippen LogP contribution in [0, 0.1) is 5.92 Å². The third kappa shape index (κ3) is 2.42. The van der Waals surface area contributed by atoms with Crippen LogP contribution in [0.5, 0.6) is 5.19 Å². The van der Waals surface area contributed by atoms with Crippen LogP contribution >= 0.6 is 11.3 Å². The van der Waals surface area contributed by atoms with Crippen molar-refractivity contribution < 1.29 is 4.74 Å². The van der Waals surface area contributed by atoms with Crippen LogP contribution in [-0.2, 0) is 6.54 Å². The van der Waals surface area contributed by atoms with Crippen molar-refractivity contribution in [3.05, 3.63) is 5.01 Å². The summed E-state index contributed by atoms with van der Waals surface area (Å²) in [5.41, 5.74) is 5.42. The highest BCUT2D eigenvalue weighted by atomic mass is 32.1. The smallest absolute Gasteiger partial charge is 0.294 e. The maximum Gasteiger partial charge on any atom is 0.294 e.